The third-order valence-electron chi connectivity index (χ3n) is 2.88. The summed E-state index contributed by atoms with van der Waals surface area (Å²) in [6, 6.07) is 6.51. The number of nitrogens with two attached hydrogens (primary N) is 1. The quantitative estimate of drug-likeness (QED) is 0.793. The highest BCUT2D eigenvalue weighted by Crippen LogP contribution is 2.29. The van der Waals surface area contributed by atoms with Crippen LogP contribution in [0.15, 0.2) is 18.2 Å². The lowest BCUT2D eigenvalue weighted by atomic mass is 9.95. The van der Waals surface area contributed by atoms with Gasteiger partial charge in [-0.15, -0.1) is 0 Å². The van der Waals surface area contributed by atoms with Gasteiger partial charge in [0, 0.05) is 6.42 Å². The van der Waals surface area contributed by atoms with Crippen LogP contribution < -0.4 is 10.5 Å². The first-order chi connectivity index (χ1) is 6.81. The van der Waals surface area contributed by atoms with E-state index in [1.807, 2.05) is 0 Å². The Bertz CT molecular complexity index is 322. The zero-order valence-corrected chi connectivity index (χ0v) is 8.62. The van der Waals surface area contributed by atoms with Crippen LogP contribution >= 0.6 is 0 Å². The van der Waals surface area contributed by atoms with Gasteiger partial charge < -0.3 is 10.5 Å². The fourth-order valence-electron chi connectivity index (χ4n) is 1.93. The summed E-state index contributed by atoms with van der Waals surface area (Å²) in [6.45, 7) is 3.82. The molecule has 76 valence electrons. The Morgan fingerprint density at radius 1 is 1.50 bits per heavy atom. The predicted octanol–water partition coefficient (Wildman–Crippen LogP) is 2.07. The van der Waals surface area contributed by atoms with Crippen molar-refractivity contribution < 1.29 is 4.74 Å². The van der Waals surface area contributed by atoms with E-state index in [0.29, 0.717) is 5.92 Å². The van der Waals surface area contributed by atoms with Crippen molar-refractivity contribution in [1.29, 1.82) is 0 Å². The Balaban J connectivity index is 2.19. The number of hydrogen-bond acceptors (Lipinski definition) is 2. The van der Waals surface area contributed by atoms with Crippen molar-refractivity contribution in [2.45, 2.75) is 25.7 Å². The van der Waals surface area contributed by atoms with Crippen LogP contribution in [-0.4, -0.2) is 13.2 Å². The maximum Gasteiger partial charge on any atom is 0.122 e. The van der Waals surface area contributed by atoms with Gasteiger partial charge in [0.15, 0.2) is 0 Å². The summed E-state index contributed by atoms with van der Waals surface area (Å²) in [7, 11) is 0. The van der Waals surface area contributed by atoms with Gasteiger partial charge in [0.05, 0.1) is 6.61 Å². The molecule has 0 bridgehead atoms. The molecule has 0 fully saturated rings. The molecule has 2 rings (SSSR count). The largest absolute Gasteiger partial charge is 0.493 e. The molecular weight excluding hydrogens is 174 g/mol. The van der Waals surface area contributed by atoms with Crippen molar-refractivity contribution >= 4 is 0 Å². The number of rotatable bonds is 3. The molecule has 1 unspecified atom stereocenters. The van der Waals surface area contributed by atoms with Crippen LogP contribution in [0.3, 0.4) is 0 Å². The Kier molecular flexibility index (Phi) is 2.73. The van der Waals surface area contributed by atoms with Crippen LogP contribution in [0, 0.1) is 0 Å². The first-order valence-corrected chi connectivity index (χ1v) is 5.27. The Hall–Kier alpha value is -1.02. The van der Waals surface area contributed by atoms with Crippen molar-refractivity contribution in [3.8, 4) is 5.75 Å². The van der Waals surface area contributed by atoms with E-state index in [9.17, 15) is 0 Å². The third kappa shape index (κ3) is 1.75. The van der Waals surface area contributed by atoms with E-state index < -0.39 is 0 Å². The normalized spacial score (nSPS) is 16.1. The second-order valence-electron chi connectivity index (χ2n) is 3.94. The minimum Gasteiger partial charge on any atom is -0.493 e. The number of fused-ring (bicyclic) bond motifs is 1. The van der Waals surface area contributed by atoms with Crippen LogP contribution in [0.25, 0.3) is 0 Å². The Labute approximate surface area is 85.1 Å². The minimum absolute atomic E-state index is 0.561. The summed E-state index contributed by atoms with van der Waals surface area (Å²) in [6.07, 6.45) is 2.11. The number of ether oxygens (including phenoxy) is 1. The van der Waals surface area contributed by atoms with Gasteiger partial charge in [-0.05, 0) is 36.1 Å². The summed E-state index contributed by atoms with van der Waals surface area (Å²) in [5.74, 6) is 1.62. The molecule has 1 aliphatic rings. The Morgan fingerprint density at radius 2 is 2.36 bits per heavy atom. The van der Waals surface area contributed by atoms with Crippen LogP contribution in [0.2, 0.25) is 0 Å². The molecule has 0 aliphatic carbocycles. The summed E-state index contributed by atoms with van der Waals surface area (Å²) >= 11 is 0. The molecule has 0 saturated carbocycles. The topological polar surface area (TPSA) is 35.2 Å². The molecule has 0 saturated heterocycles. The molecule has 2 nitrogen and oxygen atoms in total. The smallest absolute Gasteiger partial charge is 0.122 e. The van der Waals surface area contributed by atoms with E-state index >= 15 is 0 Å². The summed E-state index contributed by atoms with van der Waals surface area (Å²) in [5, 5.41) is 0. The first kappa shape index (κ1) is 9.53. The average molecular weight is 191 g/mol. The molecule has 1 aromatic rings. The molecular formula is C12H17NO. The molecule has 1 aromatic carbocycles. The minimum atomic E-state index is 0.561. The van der Waals surface area contributed by atoms with Crippen LogP contribution in [0.1, 0.15) is 30.4 Å². The molecule has 0 radical (unpaired) electrons. The van der Waals surface area contributed by atoms with E-state index in [-0.39, 0.29) is 0 Å². The summed E-state index contributed by atoms with van der Waals surface area (Å²) in [4.78, 5) is 0. The van der Waals surface area contributed by atoms with Gasteiger partial charge in [-0.3, -0.25) is 0 Å². The summed E-state index contributed by atoms with van der Waals surface area (Å²) in [5.41, 5.74) is 8.30. The van der Waals surface area contributed by atoms with Crippen LogP contribution in [0.4, 0.5) is 0 Å². The van der Waals surface area contributed by atoms with E-state index in [1.54, 1.807) is 0 Å². The zero-order chi connectivity index (χ0) is 9.97. The Morgan fingerprint density at radius 3 is 3.14 bits per heavy atom. The molecule has 0 amide bonds. The SMILES string of the molecule is CC(CCN)c1ccc2c(c1)CCO2. The van der Waals surface area contributed by atoms with Gasteiger partial charge in [-0.2, -0.15) is 0 Å². The maximum atomic E-state index is 5.55. The molecule has 2 N–H and O–H groups in total. The zero-order valence-electron chi connectivity index (χ0n) is 8.62. The monoisotopic (exact) mass is 191 g/mol. The molecule has 1 atom stereocenters. The van der Waals surface area contributed by atoms with Crippen molar-refractivity contribution in [2.75, 3.05) is 13.2 Å². The summed E-state index contributed by atoms with van der Waals surface area (Å²) < 4.78 is 5.47. The predicted molar refractivity (Wildman–Crippen MR) is 57.7 cm³/mol. The van der Waals surface area contributed by atoms with Gasteiger partial charge >= 0.3 is 0 Å². The standard InChI is InChI=1S/C12H17NO/c1-9(4-6-13)10-2-3-12-11(8-10)5-7-14-12/h2-3,8-9H,4-7,13H2,1H3. The van der Waals surface area contributed by atoms with E-state index in [0.717, 1.165) is 31.7 Å². The van der Waals surface area contributed by atoms with Crippen LogP contribution in [-0.2, 0) is 6.42 Å². The average Bonchev–Trinajstić information content (AvgIpc) is 2.64. The fourth-order valence-corrected chi connectivity index (χ4v) is 1.93. The van der Waals surface area contributed by atoms with Crippen molar-refractivity contribution in [2.24, 2.45) is 5.73 Å². The lowest BCUT2D eigenvalue weighted by molar-refractivity contribution is 0.357. The second-order valence-corrected chi connectivity index (χ2v) is 3.94. The van der Waals surface area contributed by atoms with E-state index in [4.69, 9.17) is 10.5 Å². The lowest BCUT2D eigenvalue weighted by Crippen LogP contribution is -2.04. The second kappa shape index (κ2) is 4.01. The third-order valence-corrected chi connectivity index (χ3v) is 2.88. The fraction of sp³-hybridized carbons (Fsp3) is 0.500. The molecule has 0 spiro atoms. The van der Waals surface area contributed by atoms with E-state index in [1.165, 1.54) is 11.1 Å². The molecule has 2 heteroatoms. The maximum absolute atomic E-state index is 5.55. The molecule has 1 heterocycles. The van der Waals surface area contributed by atoms with Crippen molar-refractivity contribution in [3.05, 3.63) is 29.3 Å². The van der Waals surface area contributed by atoms with Gasteiger partial charge in [0.25, 0.3) is 0 Å². The van der Waals surface area contributed by atoms with Crippen molar-refractivity contribution in [3.63, 3.8) is 0 Å². The van der Waals surface area contributed by atoms with Crippen molar-refractivity contribution in [1.82, 2.24) is 0 Å². The number of benzene rings is 1. The van der Waals surface area contributed by atoms with Crippen LogP contribution in [0.5, 0.6) is 5.75 Å². The molecule has 1 aliphatic heterocycles. The van der Waals surface area contributed by atoms with E-state index in [2.05, 4.69) is 25.1 Å². The van der Waals surface area contributed by atoms with Gasteiger partial charge in [-0.1, -0.05) is 19.1 Å². The molecule has 0 aromatic heterocycles. The lowest BCUT2D eigenvalue weighted by Gasteiger charge is -2.11. The highest BCUT2D eigenvalue weighted by atomic mass is 16.5. The highest BCUT2D eigenvalue weighted by Gasteiger charge is 2.13. The highest BCUT2D eigenvalue weighted by molar-refractivity contribution is 5.40. The van der Waals surface area contributed by atoms with Gasteiger partial charge in [0.2, 0.25) is 0 Å². The van der Waals surface area contributed by atoms with Gasteiger partial charge in [0.1, 0.15) is 5.75 Å². The number of hydrogen-bond donors (Lipinski definition) is 1. The van der Waals surface area contributed by atoms with Gasteiger partial charge in [-0.25, -0.2) is 0 Å². The first-order valence-electron chi connectivity index (χ1n) is 5.27. The molecule has 14 heavy (non-hydrogen) atoms.